The van der Waals surface area contributed by atoms with Crippen LogP contribution >= 0.6 is 0 Å². The zero-order valence-electron chi connectivity index (χ0n) is 8.61. The highest BCUT2D eigenvalue weighted by atomic mass is 16.5. The second kappa shape index (κ2) is 4.77. The van der Waals surface area contributed by atoms with Gasteiger partial charge >= 0.3 is 0 Å². The highest BCUT2D eigenvalue weighted by Gasteiger charge is 2.34. The van der Waals surface area contributed by atoms with E-state index in [1.807, 2.05) is 0 Å². The number of nitrogens with zero attached hydrogens (tertiary/aromatic N) is 2. The van der Waals surface area contributed by atoms with Crippen molar-refractivity contribution in [3.8, 4) is 6.07 Å². The largest absolute Gasteiger partial charge is 0.380 e. The molecule has 1 saturated heterocycles. The van der Waals surface area contributed by atoms with E-state index in [0.29, 0.717) is 12.5 Å². The summed E-state index contributed by atoms with van der Waals surface area (Å²) in [6.45, 7) is 2.74. The zero-order valence-corrected chi connectivity index (χ0v) is 8.61. The van der Waals surface area contributed by atoms with Crippen molar-refractivity contribution in [1.82, 2.24) is 4.90 Å². The van der Waals surface area contributed by atoms with Crippen LogP contribution in [0.15, 0.2) is 0 Å². The van der Waals surface area contributed by atoms with E-state index in [2.05, 4.69) is 11.0 Å². The highest BCUT2D eigenvalue weighted by molar-refractivity contribution is 4.91. The number of hydrogen-bond acceptors (Lipinski definition) is 3. The van der Waals surface area contributed by atoms with Gasteiger partial charge in [0.1, 0.15) is 0 Å². The molecule has 1 heterocycles. The standard InChI is InChI=1S/C11H18N2O/c12-6-2-7-13(10-4-5-10)11-3-1-8-14-9-11/h10-11H,1-5,7-9H2. The molecule has 2 aliphatic rings. The third-order valence-electron chi connectivity index (χ3n) is 3.10. The van der Waals surface area contributed by atoms with Crippen LogP contribution in [0.4, 0.5) is 0 Å². The van der Waals surface area contributed by atoms with Crippen molar-refractivity contribution in [2.24, 2.45) is 0 Å². The normalized spacial score (nSPS) is 27.6. The lowest BCUT2D eigenvalue weighted by Gasteiger charge is -2.33. The Labute approximate surface area is 85.6 Å². The Kier molecular flexibility index (Phi) is 3.39. The van der Waals surface area contributed by atoms with E-state index in [9.17, 15) is 0 Å². The molecule has 1 unspecified atom stereocenters. The van der Waals surface area contributed by atoms with Gasteiger partial charge in [0, 0.05) is 31.7 Å². The minimum Gasteiger partial charge on any atom is -0.380 e. The van der Waals surface area contributed by atoms with Gasteiger partial charge in [0.05, 0.1) is 12.7 Å². The molecule has 1 aliphatic carbocycles. The van der Waals surface area contributed by atoms with Crippen molar-refractivity contribution >= 4 is 0 Å². The first-order valence-electron chi connectivity index (χ1n) is 5.62. The Morgan fingerprint density at radius 1 is 1.29 bits per heavy atom. The van der Waals surface area contributed by atoms with Gasteiger partial charge in [0.15, 0.2) is 0 Å². The maximum Gasteiger partial charge on any atom is 0.0635 e. The lowest BCUT2D eigenvalue weighted by molar-refractivity contribution is 0.0152. The monoisotopic (exact) mass is 194 g/mol. The van der Waals surface area contributed by atoms with Crippen LogP contribution in [0.3, 0.4) is 0 Å². The van der Waals surface area contributed by atoms with Crippen LogP contribution in [-0.4, -0.2) is 36.7 Å². The summed E-state index contributed by atoms with van der Waals surface area (Å²) in [5.41, 5.74) is 0. The Morgan fingerprint density at radius 3 is 2.71 bits per heavy atom. The van der Waals surface area contributed by atoms with Gasteiger partial charge in [-0.05, 0) is 25.7 Å². The quantitative estimate of drug-likeness (QED) is 0.681. The van der Waals surface area contributed by atoms with Gasteiger partial charge < -0.3 is 4.74 Å². The van der Waals surface area contributed by atoms with Gasteiger partial charge in [-0.1, -0.05) is 0 Å². The van der Waals surface area contributed by atoms with Crippen LogP contribution in [0.1, 0.15) is 32.1 Å². The zero-order chi connectivity index (χ0) is 9.80. The molecule has 1 atom stereocenters. The smallest absolute Gasteiger partial charge is 0.0635 e. The third kappa shape index (κ3) is 2.46. The molecule has 14 heavy (non-hydrogen) atoms. The predicted molar refractivity (Wildman–Crippen MR) is 53.8 cm³/mol. The fraction of sp³-hybridized carbons (Fsp3) is 0.909. The summed E-state index contributed by atoms with van der Waals surface area (Å²) in [6, 6.07) is 3.58. The summed E-state index contributed by atoms with van der Waals surface area (Å²) in [5, 5.41) is 8.61. The van der Waals surface area contributed by atoms with Gasteiger partial charge in [-0.15, -0.1) is 0 Å². The van der Waals surface area contributed by atoms with Crippen LogP contribution < -0.4 is 0 Å². The molecule has 0 spiro atoms. The first-order chi connectivity index (χ1) is 6.92. The summed E-state index contributed by atoms with van der Waals surface area (Å²) >= 11 is 0. The molecular formula is C11H18N2O. The number of ether oxygens (including phenoxy) is 1. The molecule has 78 valence electrons. The van der Waals surface area contributed by atoms with Gasteiger partial charge in [0.2, 0.25) is 0 Å². The average molecular weight is 194 g/mol. The highest BCUT2D eigenvalue weighted by Crippen LogP contribution is 2.30. The lowest BCUT2D eigenvalue weighted by atomic mass is 10.1. The SMILES string of the molecule is N#CCCN(C1CC1)C1CCCOC1. The number of nitriles is 1. The molecular weight excluding hydrogens is 176 g/mol. The van der Waals surface area contributed by atoms with Crippen LogP contribution in [0.5, 0.6) is 0 Å². The summed E-state index contributed by atoms with van der Waals surface area (Å²) in [5.74, 6) is 0. The van der Waals surface area contributed by atoms with E-state index in [0.717, 1.165) is 25.8 Å². The van der Waals surface area contributed by atoms with E-state index in [4.69, 9.17) is 10.00 Å². The van der Waals surface area contributed by atoms with Gasteiger partial charge in [-0.2, -0.15) is 5.26 Å². The number of rotatable bonds is 4. The molecule has 2 fully saturated rings. The average Bonchev–Trinajstić information content (AvgIpc) is 3.04. The van der Waals surface area contributed by atoms with Crippen molar-refractivity contribution in [2.45, 2.75) is 44.2 Å². The molecule has 0 aromatic carbocycles. The van der Waals surface area contributed by atoms with Crippen molar-refractivity contribution in [1.29, 1.82) is 5.26 Å². The molecule has 2 rings (SSSR count). The van der Waals surface area contributed by atoms with E-state index in [-0.39, 0.29) is 0 Å². The van der Waals surface area contributed by atoms with Gasteiger partial charge in [0.25, 0.3) is 0 Å². The maximum atomic E-state index is 8.61. The molecule has 0 bridgehead atoms. The summed E-state index contributed by atoms with van der Waals surface area (Å²) in [6.07, 6.45) is 5.74. The molecule has 3 nitrogen and oxygen atoms in total. The van der Waals surface area contributed by atoms with Gasteiger partial charge in [-0.25, -0.2) is 0 Å². The number of hydrogen-bond donors (Lipinski definition) is 0. The minimum atomic E-state index is 0.588. The first kappa shape index (κ1) is 9.95. The van der Waals surface area contributed by atoms with Crippen LogP contribution in [-0.2, 0) is 4.74 Å². The lowest BCUT2D eigenvalue weighted by Crippen LogP contribution is -2.43. The van der Waals surface area contributed by atoms with Crippen molar-refractivity contribution in [3.63, 3.8) is 0 Å². The fourth-order valence-corrected chi connectivity index (χ4v) is 2.23. The van der Waals surface area contributed by atoms with E-state index < -0.39 is 0 Å². The fourth-order valence-electron chi connectivity index (χ4n) is 2.23. The minimum absolute atomic E-state index is 0.588. The van der Waals surface area contributed by atoms with Crippen molar-refractivity contribution < 1.29 is 4.74 Å². The van der Waals surface area contributed by atoms with Crippen LogP contribution in [0.25, 0.3) is 0 Å². The second-order valence-electron chi connectivity index (χ2n) is 4.25. The van der Waals surface area contributed by atoms with Crippen molar-refractivity contribution in [3.05, 3.63) is 0 Å². The molecule has 1 aliphatic heterocycles. The van der Waals surface area contributed by atoms with Gasteiger partial charge in [-0.3, -0.25) is 4.90 Å². The molecule has 1 saturated carbocycles. The molecule has 0 aromatic rings. The Hall–Kier alpha value is -0.590. The summed E-state index contributed by atoms with van der Waals surface area (Å²) in [7, 11) is 0. The predicted octanol–water partition coefficient (Wildman–Crippen LogP) is 1.54. The Bertz CT molecular complexity index is 214. The topological polar surface area (TPSA) is 36.3 Å². The molecule has 0 radical (unpaired) electrons. The molecule has 0 N–H and O–H groups in total. The first-order valence-corrected chi connectivity index (χ1v) is 5.62. The molecule has 0 aromatic heterocycles. The summed E-state index contributed by atoms with van der Waals surface area (Å²) in [4.78, 5) is 2.50. The maximum absolute atomic E-state index is 8.61. The van der Waals surface area contributed by atoms with E-state index in [1.165, 1.54) is 25.7 Å². The van der Waals surface area contributed by atoms with E-state index >= 15 is 0 Å². The van der Waals surface area contributed by atoms with Crippen LogP contribution in [0.2, 0.25) is 0 Å². The molecule has 0 amide bonds. The third-order valence-corrected chi connectivity index (χ3v) is 3.10. The van der Waals surface area contributed by atoms with Crippen LogP contribution in [0, 0.1) is 11.3 Å². The van der Waals surface area contributed by atoms with Crippen molar-refractivity contribution in [2.75, 3.05) is 19.8 Å². The van der Waals surface area contributed by atoms with E-state index in [1.54, 1.807) is 0 Å². The Morgan fingerprint density at radius 2 is 2.14 bits per heavy atom. The second-order valence-corrected chi connectivity index (χ2v) is 4.25. The summed E-state index contributed by atoms with van der Waals surface area (Å²) < 4.78 is 5.50. The molecule has 3 heteroatoms. The Balaban J connectivity index is 1.84.